The number of rotatable bonds is 7. The highest BCUT2D eigenvalue weighted by molar-refractivity contribution is 7.14. The van der Waals surface area contributed by atoms with E-state index in [1.165, 1.54) is 22.7 Å². The Morgan fingerprint density at radius 1 is 0.738 bits per heavy atom. The Kier molecular flexibility index (Phi) is 8.58. The fourth-order valence-electron chi connectivity index (χ4n) is 7.53. The van der Waals surface area contributed by atoms with Gasteiger partial charge in [-0.15, -0.1) is 43.1 Å². The monoisotopic (exact) mass is 848 g/mol. The first-order valence-corrected chi connectivity index (χ1v) is 20.7. The van der Waals surface area contributed by atoms with Gasteiger partial charge in [0, 0.05) is 38.9 Å². The zero-order valence-electron chi connectivity index (χ0n) is 32.8. The van der Waals surface area contributed by atoms with Gasteiger partial charge in [0.15, 0.2) is 34.9 Å². The van der Waals surface area contributed by atoms with Crippen molar-refractivity contribution in [2.45, 2.75) is 32.9 Å². The number of fused-ring (bicyclic) bond motifs is 6. The summed E-state index contributed by atoms with van der Waals surface area (Å²) in [7, 11) is 3.79. The average Bonchev–Trinajstić information content (AvgIpc) is 4.13. The van der Waals surface area contributed by atoms with Crippen LogP contribution in [0.3, 0.4) is 0 Å². The van der Waals surface area contributed by atoms with Gasteiger partial charge in [0.05, 0.1) is 71.2 Å². The zero-order valence-corrected chi connectivity index (χ0v) is 34.4. The second kappa shape index (κ2) is 14.5. The minimum atomic E-state index is -0.0378. The second-order valence-electron chi connectivity index (χ2n) is 14.0. The van der Waals surface area contributed by atoms with E-state index >= 15 is 0 Å². The maximum absolute atomic E-state index is 5.05. The highest BCUT2D eigenvalue weighted by Crippen LogP contribution is 2.45. The molecule has 0 fully saturated rings. The smallest absolute Gasteiger partial charge is 0.174 e. The van der Waals surface area contributed by atoms with Crippen molar-refractivity contribution in [2.24, 2.45) is 14.1 Å². The van der Waals surface area contributed by atoms with Crippen molar-refractivity contribution in [2.75, 3.05) is 9.80 Å². The summed E-state index contributed by atoms with van der Waals surface area (Å²) < 4.78 is 7.50. The van der Waals surface area contributed by atoms with Crippen LogP contribution in [0.2, 0.25) is 0 Å². The van der Waals surface area contributed by atoms with Gasteiger partial charge in [-0.1, -0.05) is 6.92 Å². The molecule has 1 unspecified atom stereocenters. The summed E-state index contributed by atoms with van der Waals surface area (Å²) in [6, 6.07) is 3.73. The van der Waals surface area contributed by atoms with E-state index in [9.17, 15) is 0 Å². The number of nitrogens with one attached hydrogen (secondary N) is 2. The molecule has 0 bridgehead atoms. The minimum absolute atomic E-state index is 0.0378. The molecule has 2 aliphatic rings. The van der Waals surface area contributed by atoms with Crippen molar-refractivity contribution in [3.05, 3.63) is 96.5 Å². The molecule has 2 aliphatic heterocycles. The predicted molar refractivity (Wildman–Crippen MR) is 223 cm³/mol. The van der Waals surface area contributed by atoms with E-state index in [4.69, 9.17) is 15.0 Å². The standard InChI is InChI=1S/C20H19N11S.C17H13N11S/c1-4-14-20-28-26-11(2)30(20)15-8-21-18(17-16(22-10-32-17)13-5-6-23-27-13)25-19(15)31(14)12-7-24-29(3)9-12;1-26-6-10(4-22-26)27-7-13-25-21-8-28(13)12-5-18-16(23-17(12)27)15-14(19-9-29-15)11-2-3-20-24-11/h5-10,14H,4H2,1-3H3,(H,23,27);2-6,8-9H,7H2,1H3,(H,20,24). The first-order chi connectivity index (χ1) is 29.9. The molecular formula is C37H32N22S2. The van der Waals surface area contributed by atoms with Gasteiger partial charge in [-0.3, -0.25) is 28.7 Å². The van der Waals surface area contributed by atoms with Gasteiger partial charge in [-0.25, -0.2) is 29.9 Å². The molecule has 10 aromatic heterocycles. The van der Waals surface area contributed by atoms with Crippen LogP contribution in [0.4, 0.5) is 23.0 Å². The third-order valence-corrected chi connectivity index (χ3v) is 11.9. The Bertz CT molecular complexity index is 3140. The molecule has 61 heavy (non-hydrogen) atoms. The quantitative estimate of drug-likeness (QED) is 0.210. The van der Waals surface area contributed by atoms with E-state index in [1.807, 2.05) is 67.1 Å². The van der Waals surface area contributed by atoms with Gasteiger partial charge in [-0.2, -0.15) is 20.4 Å². The molecule has 24 heteroatoms. The molecule has 0 saturated carbocycles. The van der Waals surface area contributed by atoms with Gasteiger partial charge in [0.2, 0.25) is 0 Å². The lowest BCUT2D eigenvalue weighted by Crippen LogP contribution is -2.32. The Balaban J connectivity index is 0.000000138. The van der Waals surface area contributed by atoms with Crippen LogP contribution < -0.4 is 9.80 Å². The van der Waals surface area contributed by atoms with Crippen molar-refractivity contribution >= 4 is 45.7 Å². The van der Waals surface area contributed by atoms with Crippen LogP contribution in [0.1, 0.15) is 36.9 Å². The van der Waals surface area contributed by atoms with Crippen molar-refractivity contribution in [1.29, 1.82) is 0 Å². The number of thiazole rings is 2. The van der Waals surface area contributed by atoms with Crippen LogP contribution in [0.25, 0.3) is 55.6 Å². The molecule has 10 aromatic rings. The fourth-order valence-corrected chi connectivity index (χ4v) is 9.01. The molecule has 12 rings (SSSR count). The number of aryl methyl sites for hydroxylation is 3. The number of nitrogens with zero attached hydrogens (tertiary/aromatic N) is 20. The van der Waals surface area contributed by atoms with Crippen LogP contribution in [0, 0.1) is 6.92 Å². The summed E-state index contributed by atoms with van der Waals surface area (Å²) in [6.45, 7) is 4.61. The highest BCUT2D eigenvalue weighted by atomic mass is 32.1. The summed E-state index contributed by atoms with van der Waals surface area (Å²) in [4.78, 5) is 34.3. The van der Waals surface area contributed by atoms with E-state index < -0.39 is 0 Å². The molecule has 12 heterocycles. The Labute approximate surface area is 352 Å². The van der Waals surface area contributed by atoms with Crippen molar-refractivity contribution in [3.63, 3.8) is 0 Å². The van der Waals surface area contributed by atoms with Crippen LogP contribution in [-0.2, 0) is 20.6 Å². The Hall–Kier alpha value is -7.86. The summed E-state index contributed by atoms with van der Waals surface area (Å²) in [5.41, 5.74) is 10.3. The van der Waals surface area contributed by atoms with E-state index in [0.29, 0.717) is 18.2 Å². The topological polar surface area (TPSA) is 238 Å². The van der Waals surface area contributed by atoms with E-state index in [-0.39, 0.29) is 6.04 Å². The lowest BCUT2D eigenvalue weighted by Gasteiger charge is -2.36. The third-order valence-electron chi connectivity index (χ3n) is 10.3. The molecule has 302 valence electrons. The first-order valence-electron chi connectivity index (χ1n) is 18.9. The van der Waals surface area contributed by atoms with Crippen molar-refractivity contribution in [1.82, 2.24) is 99.4 Å². The van der Waals surface area contributed by atoms with Gasteiger partial charge >= 0.3 is 0 Å². The number of hydrogen-bond acceptors (Lipinski definition) is 18. The highest BCUT2D eigenvalue weighted by Gasteiger charge is 2.37. The molecule has 0 aromatic carbocycles. The first kappa shape index (κ1) is 36.2. The number of aromatic nitrogens is 20. The summed E-state index contributed by atoms with van der Waals surface area (Å²) in [5, 5.41) is 39.8. The van der Waals surface area contributed by atoms with E-state index in [2.05, 4.69) is 82.7 Å². The van der Waals surface area contributed by atoms with Crippen LogP contribution >= 0.6 is 22.7 Å². The predicted octanol–water partition coefficient (Wildman–Crippen LogP) is 5.17. The van der Waals surface area contributed by atoms with Crippen LogP contribution in [0.5, 0.6) is 0 Å². The summed E-state index contributed by atoms with van der Waals surface area (Å²) >= 11 is 2.99. The lowest BCUT2D eigenvalue weighted by atomic mass is 10.1. The zero-order chi connectivity index (χ0) is 41.2. The van der Waals surface area contributed by atoms with Crippen LogP contribution in [0.15, 0.2) is 79.1 Å². The normalized spacial score (nSPS) is 14.0. The second-order valence-corrected chi connectivity index (χ2v) is 15.7. The lowest BCUT2D eigenvalue weighted by molar-refractivity contribution is 0.587. The molecule has 0 amide bonds. The molecule has 0 radical (unpaired) electrons. The number of hydrogen-bond donors (Lipinski definition) is 2. The van der Waals surface area contributed by atoms with E-state index in [0.717, 1.165) is 90.8 Å². The number of H-pyrrole nitrogens is 2. The van der Waals surface area contributed by atoms with Gasteiger partial charge in [-0.05, 0) is 25.5 Å². The molecule has 22 nitrogen and oxygen atoms in total. The summed E-state index contributed by atoms with van der Waals surface area (Å²) in [5.74, 6) is 5.24. The average molecular weight is 849 g/mol. The molecule has 2 N–H and O–H groups in total. The van der Waals surface area contributed by atoms with E-state index in [1.54, 1.807) is 51.5 Å². The van der Waals surface area contributed by atoms with Crippen molar-refractivity contribution < 1.29 is 0 Å². The molecule has 0 aliphatic carbocycles. The van der Waals surface area contributed by atoms with Gasteiger partial charge in [0.25, 0.3) is 0 Å². The van der Waals surface area contributed by atoms with Crippen LogP contribution in [-0.4, -0.2) is 99.4 Å². The molecular weight excluding hydrogens is 817 g/mol. The maximum Gasteiger partial charge on any atom is 0.174 e. The molecule has 0 spiro atoms. The SMILES string of the molecule is CCC1c2nnc(C)n2-c2cnc(-c3scnc3-c3ccn[nH]3)nc2N1c1cnn(C)c1.Cn1cc(N2Cc3nncn3-c3cnc(-c4scnc4-c4ccn[nH]4)nc32)cn1. The third kappa shape index (κ3) is 6.05. The maximum atomic E-state index is 5.05. The largest absolute Gasteiger partial charge is 0.314 e. The van der Waals surface area contributed by atoms with Crippen molar-refractivity contribution in [3.8, 4) is 55.6 Å². The summed E-state index contributed by atoms with van der Waals surface area (Å²) in [6.07, 6.45) is 17.1. The fraction of sp³-hybridized carbons (Fsp3) is 0.189. The number of anilines is 4. The number of aromatic amines is 2. The van der Waals surface area contributed by atoms with Gasteiger partial charge in [0.1, 0.15) is 44.7 Å². The minimum Gasteiger partial charge on any atom is -0.314 e. The Morgan fingerprint density at radius 3 is 1.98 bits per heavy atom. The van der Waals surface area contributed by atoms with Gasteiger partial charge < -0.3 is 9.80 Å². The molecule has 1 atom stereocenters. The molecule has 0 saturated heterocycles. The Morgan fingerprint density at radius 2 is 1.38 bits per heavy atom.